The third-order valence-electron chi connectivity index (χ3n) is 4.75. The first-order valence-corrected chi connectivity index (χ1v) is 10.9. The summed E-state index contributed by atoms with van der Waals surface area (Å²) in [4.78, 5) is 26.3. The number of nitrogens with one attached hydrogen (secondary N) is 1. The van der Waals surface area contributed by atoms with Crippen molar-refractivity contribution in [3.8, 4) is 0 Å². The smallest absolute Gasteiger partial charge is 0.404 e. The summed E-state index contributed by atoms with van der Waals surface area (Å²) in [5, 5.41) is 13.0. The summed E-state index contributed by atoms with van der Waals surface area (Å²) < 4.78 is 10.4. The number of rotatable bonds is 9. The highest BCUT2D eigenvalue weighted by molar-refractivity contribution is 8.02. The van der Waals surface area contributed by atoms with Gasteiger partial charge in [0, 0.05) is 50.4 Å². The first kappa shape index (κ1) is 23.5. The molecule has 0 unspecified atom stereocenters. The number of halogens is 1. The summed E-state index contributed by atoms with van der Waals surface area (Å²) in [6, 6.07) is 7.19. The average molecular weight is 443 g/mol. The maximum atomic E-state index is 13.2. The van der Waals surface area contributed by atoms with E-state index in [0.29, 0.717) is 23.6 Å². The standard InChI is InChI=1S/C20H27ClN2O5S/c1-27-19(28-2)17(24)15(11-13-7-4-5-9-16(13)21)18(29-3)23-10-6-8-14(12-23)22-20(25)26/h4-5,7,9,14,19,22H,6,8,10-12H2,1-3H3,(H,25,26)/t14-/m1/s1. The number of likely N-dealkylation sites (tertiary alicyclic amines) is 1. The zero-order chi connectivity index (χ0) is 21.4. The van der Waals surface area contributed by atoms with Gasteiger partial charge in [0.05, 0.1) is 5.03 Å². The minimum absolute atomic E-state index is 0.194. The van der Waals surface area contributed by atoms with Crippen molar-refractivity contribution in [2.45, 2.75) is 31.6 Å². The van der Waals surface area contributed by atoms with E-state index in [0.717, 1.165) is 30.0 Å². The van der Waals surface area contributed by atoms with Crippen LogP contribution in [0.25, 0.3) is 0 Å². The number of carbonyl (C=O) groups excluding carboxylic acids is 1. The molecular formula is C20H27ClN2O5S. The van der Waals surface area contributed by atoms with Crippen LogP contribution in [0.1, 0.15) is 18.4 Å². The van der Waals surface area contributed by atoms with Gasteiger partial charge in [0.15, 0.2) is 0 Å². The topological polar surface area (TPSA) is 88.1 Å². The molecule has 1 aliphatic rings. The number of thioether (sulfide) groups is 1. The predicted molar refractivity (Wildman–Crippen MR) is 114 cm³/mol. The number of nitrogens with zero attached hydrogens (tertiary/aromatic N) is 1. The number of hydrogen-bond donors (Lipinski definition) is 2. The van der Waals surface area contributed by atoms with Crippen LogP contribution in [0.15, 0.2) is 34.9 Å². The Kier molecular flexibility index (Phi) is 9.29. The molecule has 0 aromatic heterocycles. The van der Waals surface area contributed by atoms with Gasteiger partial charge in [-0.15, -0.1) is 11.8 Å². The Morgan fingerprint density at radius 1 is 1.34 bits per heavy atom. The van der Waals surface area contributed by atoms with Crippen LogP contribution in [0.4, 0.5) is 4.79 Å². The van der Waals surface area contributed by atoms with Gasteiger partial charge in [-0.2, -0.15) is 0 Å². The van der Waals surface area contributed by atoms with E-state index in [1.165, 1.54) is 26.0 Å². The lowest BCUT2D eigenvalue weighted by molar-refractivity contribution is -0.152. The lowest BCUT2D eigenvalue weighted by Gasteiger charge is -2.36. The van der Waals surface area contributed by atoms with E-state index in [4.69, 9.17) is 26.2 Å². The zero-order valence-corrected chi connectivity index (χ0v) is 18.4. The lowest BCUT2D eigenvalue weighted by atomic mass is 10.00. The largest absolute Gasteiger partial charge is 0.465 e. The van der Waals surface area contributed by atoms with Crippen LogP contribution in [-0.4, -0.2) is 67.8 Å². The van der Waals surface area contributed by atoms with Gasteiger partial charge in [-0.25, -0.2) is 4.79 Å². The Labute approximate surface area is 180 Å². The van der Waals surface area contributed by atoms with Crippen molar-refractivity contribution in [2.75, 3.05) is 33.6 Å². The molecule has 0 bridgehead atoms. The van der Waals surface area contributed by atoms with E-state index < -0.39 is 12.4 Å². The highest BCUT2D eigenvalue weighted by Crippen LogP contribution is 2.30. The van der Waals surface area contributed by atoms with E-state index in [2.05, 4.69) is 10.2 Å². The van der Waals surface area contributed by atoms with Crippen LogP contribution in [-0.2, 0) is 20.7 Å². The first-order chi connectivity index (χ1) is 13.9. The number of Topliss-reactive ketones (excluding diaryl/α,β-unsaturated/α-hetero) is 1. The second-order valence-electron chi connectivity index (χ2n) is 6.66. The lowest BCUT2D eigenvalue weighted by Crippen LogP contribution is -2.47. The monoisotopic (exact) mass is 442 g/mol. The summed E-state index contributed by atoms with van der Waals surface area (Å²) in [6.45, 7) is 1.23. The summed E-state index contributed by atoms with van der Waals surface area (Å²) in [5.74, 6) is -0.271. The minimum Gasteiger partial charge on any atom is -0.465 e. The molecule has 2 rings (SSSR count). The molecule has 1 fully saturated rings. The van der Waals surface area contributed by atoms with Crippen LogP contribution >= 0.6 is 23.4 Å². The fraction of sp³-hybridized carbons (Fsp3) is 0.500. The molecule has 1 aromatic carbocycles. The quantitative estimate of drug-likeness (QED) is 0.447. The molecule has 0 saturated carbocycles. The van der Waals surface area contributed by atoms with Crippen molar-refractivity contribution in [2.24, 2.45) is 0 Å². The van der Waals surface area contributed by atoms with Gasteiger partial charge in [0.1, 0.15) is 0 Å². The van der Waals surface area contributed by atoms with Gasteiger partial charge in [0.25, 0.3) is 0 Å². The molecule has 1 saturated heterocycles. The molecule has 1 aliphatic heterocycles. The van der Waals surface area contributed by atoms with Crippen LogP contribution in [0, 0.1) is 0 Å². The van der Waals surface area contributed by atoms with Gasteiger partial charge >= 0.3 is 6.09 Å². The molecule has 1 atom stereocenters. The molecule has 160 valence electrons. The van der Waals surface area contributed by atoms with Crippen molar-refractivity contribution in [3.05, 3.63) is 45.5 Å². The van der Waals surface area contributed by atoms with Crippen molar-refractivity contribution >= 4 is 35.2 Å². The van der Waals surface area contributed by atoms with Crippen LogP contribution in [0.3, 0.4) is 0 Å². The summed E-state index contributed by atoms with van der Waals surface area (Å²) >= 11 is 7.79. The Morgan fingerprint density at radius 3 is 2.62 bits per heavy atom. The number of carbonyl (C=O) groups is 2. The molecule has 7 nitrogen and oxygen atoms in total. The average Bonchev–Trinajstić information content (AvgIpc) is 2.70. The zero-order valence-electron chi connectivity index (χ0n) is 16.8. The number of piperidine rings is 1. The number of ether oxygens (including phenoxy) is 2. The second kappa shape index (κ2) is 11.4. The summed E-state index contributed by atoms with van der Waals surface area (Å²) in [5.41, 5.74) is 1.36. The van der Waals surface area contributed by atoms with Gasteiger partial charge in [-0.05, 0) is 30.7 Å². The Morgan fingerprint density at radius 2 is 2.03 bits per heavy atom. The van der Waals surface area contributed by atoms with E-state index in [-0.39, 0.29) is 11.8 Å². The van der Waals surface area contributed by atoms with Gasteiger partial charge in [0.2, 0.25) is 12.1 Å². The number of carboxylic acid groups (broad SMARTS) is 1. The SMILES string of the molecule is COC(OC)C(=O)C(Cc1ccccc1Cl)=C(SC)N1CCC[C@@H](NC(=O)O)C1. The Balaban J connectivity index is 2.43. The van der Waals surface area contributed by atoms with E-state index in [1.807, 2.05) is 24.5 Å². The van der Waals surface area contributed by atoms with Crippen molar-refractivity contribution in [3.63, 3.8) is 0 Å². The van der Waals surface area contributed by atoms with E-state index in [1.54, 1.807) is 6.07 Å². The first-order valence-electron chi connectivity index (χ1n) is 9.26. The van der Waals surface area contributed by atoms with E-state index in [9.17, 15) is 9.59 Å². The minimum atomic E-state index is -1.04. The van der Waals surface area contributed by atoms with Crippen LogP contribution < -0.4 is 5.32 Å². The van der Waals surface area contributed by atoms with Gasteiger partial charge in [-0.1, -0.05) is 29.8 Å². The molecule has 0 aliphatic carbocycles. The number of methoxy groups -OCH3 is 2. The predicted octanol–water partition coefficient (Wildman–Crippen LogP) is 3.38. The second-order valence-corrected chi connectivity index (χ2v) is 7.86. The Bertz CT molecular complexity index is 754. The number of hydrogen-bond acceptors (Lipinski definition) is 6. The highest BCUT2D eigenvalue weighted by Gasteiger charge is 2.30. The fourth-order valence-electron chi connectivity index (χ4n) is 3.45. The molecule has 1 aromatic rings. The normalized spacial score (nSPS) is 17.8. The third-order valence-corrected chi connectivity index (χ3v) is 6.01. The number of amides is 1. The molecule has 0 spiro atoms. The molecule has 1 heterocycles. The summed E-state index contributed by atoms with van der Waals surface area (Å²) in [6.07, 6.45) is 1.74. The summed E-state index contributed by atoms with van der Waals surface area (Å²) in [7, 11) is 2.84. The van der Waals surface area contributed by atoms with E-state index >= 15 is 0 Å². The van der Waals surface area contributed by atoms with Gasteiger partial charge in [-0.3, -0.25) is 4.79 Å². The molecular weight excluding hydrogens is 416 g/mol. The highest BCUT2D eigenvalue weighted by atomic mass is 35.5. The van der Waals surface area contributed by atoms with Crippen molar-refractivity contribution in [1.82, 2.24) is 10.2 Å². The number of ketones is 1. The third kappa shape index (κ3) is 6.37. The maximum absolute atomic E-state index is 13.2. The molecule has 1 amide bonds. The van der Waals surface area contributed by atoms with Crippen molar-refractivity contribution in [1.29, 1.82) is 0 Å². The molecule has 29 heavy (non-hydrogen) atoms. The van der Waals surface area contributed by atoms with Crippen LogP contribution in [0.5, 0.6) is 0 Å². The number of benzene rings is 1. The molecule has 2 N–H and O–H groups in total. The molecule has 9 heteroatoms. The maximum Gasteiger partial charge on any atom is 0.404 e. The van der Waals surface area contributed by atoms with Crippen LogP contribution in [0.2, 0.25) is 5.02 Å². The Hall–Kier alpha value is -1.74. The fourth-order valence-corrected chi connectivity index (χ4v) is 4.50. The molecule has 0 radical (unpaired) electrons. The van der Waals surface area contributed by atoms with Crippen molar-refractivity contribution < 1.29 is 24.2 Å². The van der Waals surface area contributed by atoms with Gasteiger partial charge < -0.3 is 24.8 Å².